The Labute approximate surface area is 277 Å². The van der Waals surface area contributed by atoms with Crippen molar-refractivity contribution in [2.45, 2.75) is 63.2 Å². The number of carbonyl (C=O) groups excluding carboxylic acids is 3. The van der Waals surface area contributed by atoms with Crippen LogP contribution >= 0.6 is 31.9 Å². The summed E-state index contributed by atoms with van der Waals surface area (Å²) in [6.45, 7) is 9.06. The van der Waals surface area contributed by atoms with Crippen molar-refractivity contribution in [2.24, 2.45) is 0 Å². The Morgan fingerprint density at radius 1 is 1.11 bits per heavy atom. The minimum absolute atomic E-state index is 0.00971. The van der Waals surface area contributed by atoms with Gasteiger partial charge in [0.15, 0.2) is 12.5 Å². The quantitative estimate of drug-likeness (QED) is 0.109. The number of likely N-dealkylation sites (tertiary alicyclic amines) is 1. The number of aldehydes is 1. The summed E-state index contributed by atoms with van der Waals surface area (Å²) in [6, 6.07) is 12.3. The first-order valence-corrected chi connectivity index (χ1v) is 20.1. The van der Waals surface area contributed by atoms with E-state index in [1.165, 1.54) is 7.11 Å². The lowest BCUT2D eigenvalue weighted by atomic mass is 10.00. The van der Waals surface area contributed by atoms with Crippen molar-refractivity contribution in [3.8, 4) is 5.75 Å². The zero-order chi connectivity index (χ0) is 31.9. The van der Waals surface area contributed by atoms with E-state index in [9.17, 15) is 14.4 Å². The molecule has 2 aromatic carbocycles. The van der Waals surface area contributed by atoms with Crippen molar-refractivity contribution < 1.29 is 33.3 Å². The smallest absolute Gasteiger partial charge is 0.412 e. The molecule has 13 heteroatoms. The Kier molecular flexibility index (Phi) is 12.3. The van der Waals surface area contributed by atoms with Crippen molar-refractivity contribution in [3.05, 3.63) is 56.5 Å². The van der Waals surface area contributed by atoms with E-state index >= 15 is 0 Å². The molecular formula is C31H41Br2N3O7Si. The van der Waals surface area contributed by atoms with Gasteiger partial charge in [0.05, 0.1) is 8.95 Å². The fourth-order valence-electron chi connectivity index (χ4n) is 5.29. The molecule has 0 aromatic heterocycles. The van der Waals surface area contributed by atoms with Gasteiger partial charge in [0.1, 0.15) is 12.2 Å². The van der Waals surface area contributed by atoms with Gasteiger partial charge in [-0.1, -0.05) is 37.8 Å². The monoisotopic (exact) mass is 753 g/mol. The summed E-state index contributed by atoms with van der Waals surface area (Å²) in [5, 5.41) is 3.02. The topological polar surface area (TPSA) is 107 Å². The maximum absolute atomic E-state index is 13.2. The average molecular weight is 756 g/mol. The summed E-state index contributed by atoms with van der Waals surface area (Å²) in [6.07, 6.45) is 1.02. The van der Waals surface area contributed by atoms with Gasteiger partial charge in [-0.3, -0.25) is 0 Å². The standard InChI is InChI=1S/C31H41Br2N3O7Si/c1-40-29(24(19-37)22-17-25(32)28(26(33)18-22)42-20-41-15-16-44(2,3)4)43-31(39)35-12-10-23(11-13-35)36-14-9-21-7-5-6-8-27(21)34-30(36)38/h5-8,17-19,23-24,29H,9-16,20H2,1-4H3,(H,34,38)/t24-,29?/m1/s1. The second-order valence-electron chi connectivity index (χ2n) is 12.2. The molecule has 2 aliphatic heterocycles. The number of anilines is 1. The number of piperidine rings is 1. The molecule has 4 rings (SSSR count). The van der Waals surface area contributed by atoms with E-state index in [4.69, 9.17) is 18.9 Å². The van der Waals surface area contributed by atoms with Gasteiger partial charge in [-0.05, 0) is 86.5 Å². The predicted octanol–water partition coefficient (Wildman–Crippen LogP) is 6.85. The number of benzene rings is 2. The Bertz CT molecular complexity index is 1290. The summed E-state index contributed by atoms with van der Waals surface area (Å²) >= 11 is 7.06. The van der Waals surface area contributed by atoms with Crippen LogP contribution in [0.1, 0.15) is 29.9 Å². The highest BCUT2D eigenvalue weighted by Crippen LogP contribution is 2.38. The third-order valence-electron chi connectivity index (χ3n) is 7.88. The number of urea groups is 1. The van der Waals surface area contributed by atoms with Crippen LogP contribution in [0.2, 0.25) is 25.7 Å². The Hall–Kier alpha value is -2.45. The second kappa shape index (κ2) is 15.7. The first kappa shape index (κ1) is 34.4. The predicted molar refractivity (Wildman–Crippen MR) is 178 cm³/mol. The molecule has 0 spiro atoms. The molecule has 2 heterocycles. The van der Waals surface area contributed by atoms with Crippen molar-refractivity contribution in [1.82, 2.24) is 9.80 Å². The maximum atomic E-state index is 13.2. The first-order chi connectivity index (χ1) is 21.0. The lowest BCUT2D eigenvalue weighted by molar-refractivity contribution is -0.129. The lowest BCUT2D eigenvalue weighted by Gasteiger charge is -2.38. The van der Waals surface area contributed by atoms with Gasteiger partial charge in [0.2, 0.25) is 6.29 Å². The van der Waals surface area contributed by atoms with Gasteiger partial charge < -0.3 is 38.9 Å². The molecule has 1 saturated heterocycles. The summed E-state index contributed by atoms with van der Waals surface area (Å²) in [4.78, 5) is 41.8. The Morgan fingerprint density at radius 3 is 2.43 bits per heavy atom. The SMILES string of the molecule is COC(OC(=O)N1CCC(N2CCc3ccccc3NC2=O)CC1)[C@H](C=O)c1cc(Br)c(OCOCC[Si](C)(C)C)c(Br)c1. The Morgan fingerprint density at radius 2 is 1.80 bits per heavy atom. The van der Waals surface area contributed by atoms with Crippen LogP contribution in [0.4, 0.5) is 15.3 Å². The zero-order valence-corrected chi connectivity index (χ0v) is 29.8. The van der Waals surface area contributed by atoms with E-state index < -0.39 is 26.4 Å². The van der Waals surface area contributed by atoms with Crippen molar-refractivity contribution >= 4 is 64.0 Å². The van der Waals surface area contributed by atoms with Crippen molar-refractivity contribution in [1.29, 1.82) is 0 Å². The van der Waals surface area contributed by atoms with E-state index in [1.54, 1.807) is 17.0 Å². The number of hydrogen-bond acceptors (Lipinski definition) is 7. The van der Waals surface area contributed by atoms with Gasteiger partial charge in [-0.2, -0.15) is 0 Å². The number of amides is 3. The highest BCUT2D eigenvalue weighted by Gasteiger charge is 2.34. The molecule has 2 atom stereocenters. The van der Waals surface area contributed by atoms with Gasteiger partial charge in [-0.15, -0.1) is 0 Å². The largest absolute Gasteiger partial charge is 0.465 e. The van der Waals surface area contributed by atoms with Crippen LogP contribution in [0, 0.1) is 0 Å². The molecule has 10 nitrogen and oxygen atoms in total. The summed E-state index contributed by atoms with van der Waals surface area (Å²) in [7, 11) is 0.204. The number of nitrogens with zero attached hydrogens (tertiary/aromatic N) is 2. The van der Waals surface area contributed by atoms with Gasteiger partial charge in [0.25, 0.3) is 0 Å². The fraction of sp³-hybridized carbons (Fsp3) is 0.516. The Balaban J connectivity index is 1.32. The number of hydrogen-bond donors (Lipinski definition) is 1. The third kappa shape index (κ3) is 9.06. The second-order valence-corrected chi connectivity index (χ2v) is 19.5. The van der Waals surface area contributed by atoms with Crippen molar-refractivity contribution in [2.75, 3.05) is 45.5 Å². The van der Waals surface area contributed by atoms with E-state index in [-0.39, 0.29) is 18.9 Å². The minimum atomic E-state index is -1.19. The number of methoxy groups -OCH3 is 1. The van der Waals surface area contributed by atoms with Crippen LogP contribution in [0.3, 0.4) is 0 Å². The molecule has 2 aliphatic rings. The van der Waals surface area contributed by atoms with E-state index in [0.717, 1.165) is 23.7 Å². The molecule has 0 bridgehead atoms. The molecule has 3 amide bonds. The molecule has 240 valence electrons. The average Bonchev–Trinajstić information content (AvgIpc) is 3.15. The molecule has 1 N–H and O–H groups in total. The van der Waals surface area contributed by atoms with Crippen molar-refractivity contribution in [3.63, 3.8) is 0 Å². The van der Waals surface area contributed by atoms with Crippen LogP contribution < -0.4 is 10.1 Å². The molecule has 0 saturated carbocycles. The molecular weight excluding hydrogens is 714 g/mol. The molecule has 1 fully saturated rings. The van der Waals surface area contributed by atoms with Crippen LogP contribution in [0.15, 0.2) is 45.3 Å². The summed E-state index contributed by atoms with van der Waals surface area (Å²) < 4.78 is 23.9. The molecule has 1 unspecified atom stereocenters. The minimum Gasteiger partial charge on any atom is -0.465 e. The normalized spacial score (nSPS) is 17.3. The van der Waals surface area contributed by atoms with E-state index in [2.05, 4.69) is 56.8 Å². The highest BCUT2D eigenvalue weighted by atomic mass is 79.9. The number of carbonyl (C=O) groups is 3. The number of para-hydroxylation sites is 1. The molecule has 44 heavy (non-hydrogen) atoms. The first-order valence-electron chi connectivity index (χ1n) is 14.8. The van der Waals surface area contributed by atoms with E-state index in [0.29, 0.717) is 65.6 Å². The molecule has 0 aliphatic carbocycles. The van der Waals surface area contributed by atoms with Gasteiger partial charge in [-0.25, -0.2) is 9.59 Å². The summed E-state index contributed by atoms with van der Waals surface area (Å²) in [5.41, 5.74) is 2.54. The van der Waals surface area contributed by atoms with Crippen LogP contribution in [0.5, 0.6) is 5.75 Å². The van der Waals surface area contributed by atoms with Gasteiger partial charge in [0, 0.05) is 53.2 Å². The zero-order valence-electron chi connectivity index (χ0n) is 25.6. The van der Waals surface area contributed by atoms with Crippen LogP contribution in [-0.2, 0) is 25.4 Å². The highest BCUT2D eigenvalue weighted by molar-refractivity contribution is 9.11. The molecule has 0 radical (unpaired) electrons. The lowest BCUT2D eigenvalue weighted by Crippen LogP contribution is -2.50. The number of halogens is 2. The fourth-order valence-corrected chi connectivity index (χ4v) is 7.50. The van der Waals surface area contributed by atoms with Gasteiger partial charge >= 0.3 is 12.1 Å². The maximum Gasteiger partial charge on any atom is 0.412 e. The number of rotatable bonds is 12. The third-order valence-corrected chi connectivity index (χ3v) is 10.8. The van der Waals surface area contributed by atoms with Crippen LogP contribution in [-0.4, -0.2) is 88.8 Å². The van der Waals surface area contributed by atoms with Crippen LogP contribution in [0.25, 0.3) is 0 Å². The number of nitrogens with one attached hydrogen (secondary N) is 1. The molecule has 2 aromatic rings. The number of ether oxygens (including phenoxy) is 4. The number of fused-ring (bicyclic) bond motifs is 1. The van der Waals surface area contributed by atoms with E-state index in [1.807, 2.05) is 29.2 Å². The summed E-state index contributed by atoms with van der Waals surface area (Å²) in [5.74, 6) is -0.333.